The maximum atomic E-state index is 13.2. The zero-order valence-electron chi connectivity index (χ0n) is 18.1. The summed E-state index contributed by atoms with van der Waals surface area (Å²) in [5.74, 6) is 0.947. The van der Waals surface area contributed by atoms with Crippen molar-refractivity contribution in [2.45, 2.75) is 63.4 Å². The van der Waals surface area contributed by atoms with Gasteiger partial charge in [-0.3, -0.25) is 9.59 Å². The second-order valence-corrected chi connectivity index (χ2v) is 9.50. The van der Waals surface area contributed by atoms with Crippen LogP contribution in [0.15, 0.2) is 54.6 Å². The van der Waals surface area contributed by atoms with E-state index in [0.29, 0.717) is 17.3 Å². The van der Waals surface area contributed by atoms with Gasteiger partial charge < -0.3 is 10.2 Å². The van der Waals surface area contributed by atoms with E-state index in [1.54, 1.807) is 16.7 Å². The molecule has 3 rings (SSSR count). The molecule has 1 N–H and O–H groups in total. The molecule has 2 aromatic rings. The molecule has 0 aromatic heterocycles. The van der Waals surface area contributed by atoms with Gasteiger partial charge in [0.15, 0.2) is 0 Å². The maximum absolute atomic E-state index is 13.2. The van der Waals surface area contributed by atoms with Crippen molar-refractivity contribution in [3.63, 3.8) is 0 Å². The summed E-state index contributed by atoms with van der Waals surface area (Å²) < 4.78 is 0. The Bertz CT molecular complexity index is 856. The first-order valence-corrected chi connectivity index (χ1v) is 12.5. The summed E-state index contributed by atoms with van der Waals surface area (Å²) in [7, 11) is 0. The molecule has 2 amide bonds. The summed E-state index contributed by atoms with van der Waals surface area (Å²) >= 11 is 7.92. The SMILES string of the molecule is C[C@@H](C(=O)NC1CCCCC1)N(Cc1ccccc1Cl)C(=O)CSCc1ccccc1. The van der Waals surface area contributed by atoms with Crippen LogP contribution in [0.1, 0.15) is 50.2 Å². The van der Waals surface area contributed by atoms with Crippen LogP contribution in [-0.4, -0.2) is 34.6 Å². The Morgan fingerprint density at radius 2 is 1.74 bits per heavy atom. The number of rotatable bonds is 9. The molecular formula is C25H31ClN2O2S. The van der Waals surface area contributed by atoms with Crippen LogP contribution < -0.4 is 5.32 Å². The third kappa shape index (κ3) is 7.29. The Morgan fingerprint density at radius 3 is 2.45 bits per heavy atom. The number of nitrogens with one attached hydrogen (secondary N) is 1. The molecule has 0 unspecified atom stereocenters. The minimum atomic E-state index is -0.553. The largest absolute Gasteiger partial charge is 0.352 e. The number of carbonyl (C=O) groups is 2. The van der Waals surface area contributed by atoms with Gasteiger partial charge in [-0.1, -0.05) is 79.4 Å². The summed E-state index contributed by atoms with van der Waals surface area (Å²) in [5, 5.41) is 3.77. The Morgan fingerprint density at radius 1 is 1.06 bits per heavy atom. The molecule has 0 saturated heterocycles. The van der Waals surface area contributed by atoms with Crippen LogP contribution in [-0.2, 0) is 21.9 Å². The monoisotopic (exact) mass is 458 g/mol. The molecule has 0 spiro atoms. The number of halogens is 1. The molecule has 31 heavy (non-hydrogen) atoms. The summed E-state index contributed by atoms with van der Waals surface area (Å²) in [5.41, 5.74) is 2.03. The molecular weight excluding hydrogens is 428 g/mol. The average Bonchev–Trinajstić information content (AvgIpc) is 2.79. The molecule has 2 aromatic carbocycles. The highest BCUT2D eigenvalue weighted by molar-refractivity contribution is 7.99. The van der Waals surface area contributed by atoms with Crippen LogP contribution >= 0.6 is 23.4 Å². The highest BCUT2D eigenvalue weighted by atomic mass is 35.5. The molecule has 6 heteroatoms. The van der Waals surface area contributed by atoms with Gasteiger partial charge >= 0.3 is 0 Å². The van der Waals surface area contributed by atoms with E-state index < -0.39 is 6.04 Å². The van der Waals surface area contributed by atoms with E-state index >= 15 is 0 Å². The van der Waals surface area contributed by atoms with Gasteiger partial charge in [-0.15, -0.1) is 11.8 Å². The van der Waals surface area contributed by atoms with Crippen LogP contribution in [0.25, 0.3) is 0 Å². The number of hydrogen-bond acceptors (Lipinski definition) is 3. The van der Waals surface area contributed by atoms with Crippen molar-refractivity contribution >= 4 is 35.2 Å². The van der Waals surface area contributed by atoms with Gasteiger partial charge in [-0.2, -0.15) is 0 Å². The Labute approximate surface area is 194 Å². The van der Waals surface area contributed by atoms with E-state index in [9.17, 15) is 9.59 Å². The molecule has 0 heterocycles. The lowest BCUT2D eigenvalue weighted by molar-refractivity contribution is -0.139. The summed E-state index contributed by atoms with van der Waals surface area (Å²) in [6, 6.07) is 17.3. The van der Waals surface area contributed by atoms with Crippen molar-refractivity contribution in [3.05, 3.63) is 70.7 Å². The molecule has 1 fully saturated rings. The molecule has 0 bridgehead atoms. The molecule has 1 aliphatic carbocycles. The fourth-order valence-electron chi connectivity index (χ4n) is 3.87. The van der Waals surface area contributed by atoms with Crippen LogP contribution in [0, 0.1) is 0 Å². The predicted molar refractivity (Wildman–Crippen MR) is 129 cm³/mol. The standard InChI is InChI=1S/C25H31ClN2O2S/c1-19(25(30)27-22-13-6-3-7-14-22)28(16-21-12-8-9-15-23(21)26)24(29)18-31-17-20-10-4-2-5-11-20/h2,4-5,8-12,15,19,22H,3,6-7,13-14,16-18H2,1H3,(H,27,30)/t19-/m0/s1. The van der Waals surface area contributed by atoms with Crippen molar-refractivity contribution in [1.29, 1.82) is 0 Å². The Balaban J connectivity index is 1.66. The van der Waals surface area contributed by atoms with Gasteiger partial charge in [0, 0.05) is 23.4 Å². The zero-order valence-corrected chi connectivity index (χ0v) is 19.6. The minimum Gasteiger partial charge on any atom is -0.352 e. The fraction of sp³-hybridized carbons (Fsp3) is 0.440. The van der Waals surface area contributed by atoms with Crippen molar-refractivity contribution in [2.24, 2.45) is 0 Å². The molecule has 1 saturated carbocycles. The van der Waals surface area contributed by atoms with Gasteiger partial charge in [0.25, 0.3) is 0 Å². The van der Waals surface area contributed by atoms with Crippen LogP contribution in [0.5, 0.6) is 0 Å². The van der Waals surface area contributed by atoms with Gasteiger partial charge in [0.05, 0.1) is 5.75 Å². The number of amides is 2. The number of thioether (sulfide) groups is 1. The second-order valence-electron chi connectivity index (χ2n) is 8.11. The summed E-state index contributed by atoms with van der Waals surface area (Å²) in [4.78, 5) is 27.8. The lowest BCUT2D eigenvalue weighted by Gasteiger charge is -2.31. The second kappa shape index (κ2) is 12.2. The highest BCUT2D eigenvalue weighted by Gasteiger charge is 2.28. The van der Waals surface area contributed by atoms with Crippen LogP contribution in [0.3, 0.4) is 0 Å². The molecule has 166 valence electrons. The van der Waals surface area contributed by atoms with Gasteiger partial charge in [-0.05, 0) is 37.0 Å². The number of hydrogen-bond donors (Lipinski definition) is 1. The zero-order chi connectivity index (χ0) is 22.1. The predicted octanol–water partition coefficient (Wildman–Crippen LogP) is 5.44. The van der Waals surface area contributed by atoms with E-state index in [4.69, 9.17) is 11.6 Å². The van der Waals surface area contributed by atoms with Gasteiger partial charge in [-0.25, -0.2) is 0 Å². The molecule has 1 aliphatic rings. The minimum absolute atomic E-state index is 0.0489. The first kappa shape index (κ1) is 23.7. The summed E-state index contributed by atoms with van der Waals surface area (Å²) in [6.07, 6.45) is 5.57. The van der Waals surface area contributed by atoms with Gasteiger partial charge in [0.2, 0.25) is 11.8 Å². The third-order valence-electron chi connectivity index (χ3n) is 5.75. The number of carbonyl (C=O) groups excluding carboxylic acids is 2. The molecule has 0 aliphatic heterocycles. The smallest absolute Gasteiger partial charge is 0.242 e. The maximum Gasteiger partial charge on any atom is 0.242 e. The van der Waals surface area contributed by atoms with E-state index in [2.05, 4.69) is 17.4 Å². The highest BCUT2D eigenvalue weighted by Crippen LogP contribution is 2.21. The van der Waals surface area contributed by atoms with E-state index in [1.807, 2.05) is 49.4 Å². The van der Waals surface area contributed by atoms with Crippen LogP contribution in [0.2, 0.25) is 5.02 Å². The lowest BCUT2D eigenvalue weighted by Crippen LogP contribution is -2.50. The number of benzene rings is 2. The average molecular weight is 459 g/mol. The van der Waals surface area contributed by atoms with Crippen molar-refractivity contribution in [2.75, 3.05) is 5.75 Å². The van der Waals surface area contributed by atoms with Crippen molar-refractivity contribution in [3.8, 4) is 0 Å². The summed E-state index contributed by atoms with van der Waals surface area (Å²) in [6.45, 7) is 2.14. The van der Waals surface area contributed by atoms with Crippen LogP contribution in [0.4, 0.5) is 0 Å². The molecule has 0 radical (unpaired) electrons. The molecule has 1 atom stereocenters. The van der Waals surface area contributed by atoms with Gasteiger partial charge in [0.1, 0.15) is 6.04 Å². The Hall–Kier alpha value is -1.98. The van der Waals surface area contributed by atoms with E-state index in [-0.39, 0.29) is 17.9 Å². The van der Waals surface area contributed by atoms with E-state index in [0.717, 1.165) is 37.0 Å². The third-order valence-corrected chi connectivity index (χ3v) is 7.11. The van der Waals surface area contributed by atoms with Crippen molar-refractivity contribution in [1.82, 2.24) is 10.2 Å². The Kier molecular flexibility index (Phi) is 9.29. The number of nitrogens with zero attached hydrogens (tertiary/aromatic N) is 1. The normalized spacial score (nSPS) is 15.3. The van der Waals surface area contributed by atoms with E-state index in [1.165, 1.54) is 12.0 Å². The van der Waals surface area contributed by atoms with Crippen molar-refractivity contribution < 1.29 is 9.59 Å². The topological polar surface area (TPSA) is 49.4 Å². The lowest BCUT2D eigenvalue weighted by atomic mass is 9.95. The first-order chi connectivity index (χ1) is 15.0. The quantitative estimate of drug-likeness (QED) is 0.544. The molecule has 4 nitrogen and oxygen atoms in total. The first-order valence-electron chi connectivity index (χ1n) is 11.0. The fourth-order valence-corrected chi connectivity index (χ4v) is 4.94.